The van der Waals surface area contributed by atoms with Crippen LogP contribution in [0.5, 0.6) is 0 Å². The van der Waals surface area contributed by atoms with Crippen molar-refractivity contribution in [2.75, 3.05) is 0 Å². The molecule has 0 radical (unpaired) electrons. The highest BCUT2D eigenvalue weighted by Gasteiger charge is 1.93. The highest BCUT2D eigenvalue weighted by Crippen LogP contribution is 2.14. The number of rotatable bonds is 4. The molecule has 0 spiro atoms. The first-order chi connectivity index (χ1) is 11.7. The van der Waals surface area contributed by atoms with E-state index in [1.165, 1.54) is 24.3 Å². The van der Waals surface area contributed by atoms with Crippen molar-refractivity contribution in [2.24, 2.45) is 9.98 Å². The van der Waals surface area contributed by atoms with E-state index < -0.39 is 0 Å². The Bertz CT molecular complexity index is 775. The summed E-state index contributed by atoms with van der Waals surface area (Å²) < 4.78 is 25.7. The molecule has 3 aromatic carbocycles. The van der Waals surface area contributed by atoms with E-state index in [4.69, 9.17) is 0 Å². The molecule has 0 aliphatic carbocycles. The van der Waals surface area contributed by atoms with Gasteiger partial charge in [-0.2, -0.15) is 0 Å². The number of hydrogen-bond acceptors (Lipinski definition) is 2. The van der Waals surface area contributed by atoms with Gasteiger partial charge in [-0.05, 0) is 59.7 Å². The summed E-state index contributed by atoms with van der Waals surface area (Å²) in [5.74, 6) is -0.558. The van der Waals surface area contributed by atoms with Crippen LogP contribution in [0.25, 0.3) is 0 Å². The second kappa shape index (κ2) is 7.42. The highest BCUT2D eigenvalue weighted by atomic mass is 19.1. The molecule has 118 valence electrons. The minimum atomic E-state index is -0.279. The first-order valence-electron chi connectivity index (χ1n) is 7.38. The zero-order valence-electron chi connectivity index (χ0n) is 12.7. The molecule has 0 saturated heterocycles. The van der Waals surface area contributed by atoms with Crippen LogP contribution in [-0.4, -0.2) is 12.4 Å². The SMILES string of the molecule is Fc1ccc(/N=C/c2ccc(/C=N/c3ccc(F)cc3)cc2)cc1. The van der Waals surface area contributed by atoms with Crippen LogP contribution in [0.3, 0.4) is 0 Å². The molecular formula is C20H14F2N2. The van der Waals surface area contributed by atoms with Crippen molar-refractivity contribution in [1.29, 1.82) is 0 Å². The predicted octanol–water partition coefficient (Wildman–Crippen LogP) is 5.47. The molecular weight excluding hydrogens is 306 g/mol. The smallest absolute Gasteiger partial charge is 0.123 e. The maximum atomic E-state index is 12.8. The van der Waals surface area contributed by atoms with E-state index in [2.05, 4.69) is 9.98 Å². The fourth-order valence-electron chi connectivity index (χ4n) is 2.02. The van der Waals surface area contributed by atoms with Crippen molar-refractivity contribution in [3.05, 3.63) is 95.6 Å². The maximum Gasteiger partial charge on any atom is 0.123 e. The van der Waals surface area contributed by atoms with Gasteiger partial charge < -0.3 is 0 Å². The zero-order valence-corrected chi connectivity index (χ0v) is 12.7. The molecule has 0 bridgehead atoms. The Morgan fingerprint density at radius 2 is 0.833 bits per heavy atom. The second-order valence-corrected chi connectivity index (χ2v) is 5.14. The summed E-state index contributed by atoms with van der Waals surface area (Å²) in [6.07, 6.45) is 3.43. The van der Waals surface area contributed by atoms with Gasteiger partial charge in [0, 0.05) is 12.4 Å². The predicted molar refractivity (Wildman–Crippen MR) is 93.8 cm³/mol. The van der Waals surface area contributed by atoms with Crippen LogP contribution in [0.15, 0.2) is 82.8 Å². The molecule has 0 aliphatic heterocycles. The molecule has 3 aromatic rings. The van der Waals surface area contributed by atoms with E-state index in [1.807, 2.05) is 24.3 Å². The van der Waals surface area contributed by atoms with E-state index in [0.717, 1.165) is 11.1 Å². The summed E-state index contributed by atoms with van der Waals surface area (Å²) in [7, 11) is 0. The third-order valence-electron chi connectivity index (χ3n) is 3.32. The molecule has 24 heavy (non-hydrogen) atoms. The van der Waals surface area contributed by atoms with Crippen molar-refractivity contribution < 1.29 is 8.78 Å². The lowest BCUT2D eigenvalue weighted by Gasteiger charge is -1.97. The van der Waals surface area contributed by atoms with Crippen molar-refractivity contribution in [1.82, 2.24) is 0 Å². The van der Waals surface area contributed by atoms with Crippen LogP contribution in [0.4, 0.5) is 20.2 Å². The Hall–Kier alpha value is -3.14. The van der Waals surface area contributed by atoms with E-state index in [-0.39, 0.29) is 11.6 Å². The molecule has 0 fully saturated rings. The molecule has 0 atom stereocenters. The first kappa shape index (κ1) is 15.7. The lowest BCUT2D eigenvalue weighted by Crippen LogP contribution is -1.84. The van der Waals surface area contributed by atoms with Gasteiger partial charge in [-0.1, -0.05) is 24.3 Å². The first-order valence-corrected chi connectivity index (χ1v) is 7.38. The second-order valence-electron chi connectivity index (χ2n) is 5.14. The van der Waals surface area contributed by atoms with E-state index >= 15 is 0 Å². The van der Waals surface area contributed by atoms with Gasteiger partial charge in [-0.25, -0.2) is 8.78 Å². The minimum Gasteiger partial charge on any atom is -0.256 e. The highest BCUT2D eigenvalue weighted by molar-refractivity contribution is 5.86. The minimum absolute atomic E-state index is 0.279. The third kappa shape index (κ3) is 4.43. The molecule has 2 nitrogen and oxygen atoms in total. The fraction of sp³-hybridized carbons (Fsp3) is 0. The fourth-order valence-corrected chi connectivity index (χ4v) is 2.02. The van der Waals surface area contributed by atoms with Crippen LogP contribution in [0.2, 0.25) is 0 Å². The van der Waals surface area contributed by atoms with E-state index in [9.17, 15) is 8.78 Å². The van der Waals surface area contributed by atoms with Gasteiger partial charge in [0.2, 0.25) is 0 Å². The summed E-state index contributed by atoms with van der Waals surface area (Å²) in [6, 6.07) is 19.7. The average Bonchev–Trinajstić information content (AvgIpc) is 2.62. The normalized spacial score (nSPS) is 11.4. The van der Waals surface area contributed by atoms with Crippen LogP contribution in [0.1, 0.15) is 11.1 Å². The largest absolute Gasteiger partial charge is 0.256 e. The zero-order chi connectivity index (χ0) is 16.8. The molecule has 3 rings (SSSR count). The summed E-state index contributed by atoms with van der Waals surface area (Å²) in [5, 5.41) is 0. The standard InChI is InChI=1S/C20H14F2N2/c21-17-5-9-19(10-6-17)23-13-15-1-2-16(4-3-15)14-24-20-11-7-18(22)8-12-20/h1-14H/b23-13+,24-14+. The summed E-state index contributed by atoms with van der Waals surface area (Å²) in [6.45, 7) is 0. The van der Waals surface area contributed by atoms with Gasteiger partial charge in [-0.15, -0.1) is 0 Å². The number of aliphatic imine (C=N–C) groups is 2. The van der Waals surface area contributed by atoms with Crippen LogP contribution in [-0.2, 0) is 0 Å². The molecule has 0 heterocycles. The maximum absolute atomic E-state index is 12.8. The number of hydrogen-bond donors (Lipinski definition) is 0. The molecule has 0 saturated carbocycles. The van der Waals surface area contributed by atoms with Crippen LogP contribution < -0.4 is 0 Å². The quantitative estimate of drug-likeness (QED) is 0.570. The van der Waals surface area contributed by atoms with E-state index in [1.54, 1.807) is 36.7 Å². The lowest BCUT2D eigenvalue weighted by atomic mass is 10.1. The van der Waals surface area contributed by atoms with Gasteiger partial charge in [0.25, 0.3) is 0 Å². The van der Waals surface area contributed by atoms with Gasteiger partial charge in [0.05, 0.1) is 11.4 Å². The third-order valence-corrected chi connectivity index (χ3v) is 3.32. The Labute approximate surface area is 138 Å². The van der Waals surface area contributed by atoms with Gasteiger partial charge >= 0.3 is 0 Å². The molecule has 0 unspecified atom stereocenters. The summed E-state index contributed by atoms with van der Waals surface area (Å²) >= 11 is 0. The molecule has 0 aliphatic rings. The number of benzene rings is 3. The Morgan fingerprint density at radius 3 is 1.17 bits per heavy atom. The summed E-state index contributed by atoms with van der Waals surface area (Å²) in [4.78, 5) is 8.58. The molecule has 0 amide bonds. The molecule has 4 heteroatoms. The van der Waals surface area contributed by atoms with Crippen LogP contribution >= 0.6 is 0 Å². The van der Waals surface area contributed by atoms with Crippen molar-refractivity contribution in [3.8, 4) is 0 Å². The van der Waals surface area contributed by atoms with Crippen LogP contribution in [0, 0.1) is 11.6 Å². The van der Waals surface area contributed by atoms with Crippen molar-refractivity contribution in [3.63, 3.8) is 0 Å². The Balaban J connectivity index is 1.66. The number of nitrogens with zero attached hydrogens (tertiary/aromatic N) is 2. The van der Waals surface area contributed by atoms with Gasteiger partial charge in [0.1, 0.15) is 11.6 Å². The number of halogens is 2. The molecule has 0 aromatic heterocycles. The van der Waals surface area contributed by atoms with Gasteiger partial charge in [-0.3, -0.25) is 9.98 Å². The Morgan fingerprint density at radius 1 is 0.500 bits per heavy atom. The average molecular weight is 320 g/mol. The Kier molecular flexibility index (Phi) is 4.87. The van der Waals surface area contributed by atoms with Crippen molar-refractivity contribution >= 4 is 23.8 Å². The monoisotopic (exact) mass is 320 g/mol. The van der Waals surface area contributed by atoms with E-state index in [0.29, 0.717) is 11.4 Å². The molecule has 0 N–H and O–H groups in total. The van der Waals surface area contributed by atoms with Crippen molar-refractivity contribution in [2.45, 2.75) is 0 Å². The summed E-state index contributed by atoms with van der Waals surface area (Å²) in [5.41, 5.74) is 3.24. The lowest BCUT2D eigenvalue weighted by molar-refractivity contribution is 0.627. The topological polar surface area (TPSA) is 24.7 Å². The van der Waals surface area contributed by atoms with Gasteiger partial charge in [0.15, 0.2) is 0 Å².